The fraction of sp³-hybridized carbons (Fsp3) is 0.474. The topological polar surface area (TPSA) is 75.2 Å². The van der Waals surface area contributed by atoms with Gasteiger partial charge in [-0.2, -0.15) is 0 Å². The number of carbonyl (C=O) groups excluding carboxylic acids is 2. The van der Waals surface area contributed by atoms with Crippen molar-refractivity contribution in [3.8, 4) is 10.6 Å². The number of rotatable bonds is 5. The van der Waals surface area contributed by atoms with Crippen molar-refractivity contribution < 1.29 is 9.59 Å². The van der Waals surface area contributed by atoms with Gasteiger partial charge in [0.05, 0.1) is 5.41 Å². The van der Waals surface area contributed by atoms with Gasteiger partial charge < -0.3 is 4.90 Å². The maximum absolute atomic E-state index is 12.7. The summed E-state index contributed by atoms with van der Waals surface area (Å²) >= 11 is 7.25. The molecule has 2 heterocycles. The first-order valence-corrected chi connectivity index (χ1v) is 10.3. The van der Waals surface area contributed by atoms with Crippen LogP contribution in [0.2, 0.25) is 0 Å². The number of aryl methyl sites for hydroxylation is 1. The molecule has 6 nitrogen and oxygen atoms in total. The van der Waals surface area contributed by atoms with Crippen LogP contribution in [0.5, 0.6) is 0 Å². The number of halogens is 1. The molecule has 27 heavy (non-hydrogen) atoms. The maximum Gasteiger partial charge on any atom is 0.249 e. The van der Waals surface area contributed by atoms with Gasteiger partial charge in [-0.15, -0.1) is 21.8 Å². The molecule has 1 aromatic heterocycles. The molecule has 3 rings (SSSR count). The van der Waals surface area contributed by atoms with Crippen LogP contribution in [0.3, 0.4) is 0 Å². The summed E-state index contributed by atoms with van der Waals surface area (Å²) in [5.74, 6) is -0.0990. The fourth-order valence-electron chi connectivity index (χ4n) is 3.00. The third-order valence-corrected chi connectivity index (χ3v) is 6.24. The monoisotopic (exact) mass is 406 g/mol. The summed E-state index contributed by atoms with van der Waals surface area (Å²) in [6.45, 7) is 6.19. The summed E-state index contributed by atoms with van der Waals surface area (Å²) in [7, 11) is 0. The number of hydrogen-bond acceptors (Lipinski definition) is 5. The van der Waals surface area contributed by atoms with Gasteiger partial charge >= 0.3 is 0 Å². The van der Waals surface area contributed by atoms with Crippen LogP contribution in [0, 0.1) is 12.3 Å². The highest BCUT2D eigenvalue weighted by Gasteiger charge is 2.40. The second-order valence-corrected chi connectivity index (χ2v) is 8.69. The number of carbonyl (C=O) groups is 2. The van der Waals surface area contributed by atoms with E-state index in [-0.39, 0.29) is 17.7 Å². The Morgan fingerprint density at radius 1 is 1.30 bits per heavy atom. The van der Waals surface area contributed by atoms with Crippen LogP contribution < -0.4 is 5.32 Å². The van der Waals surface area contributed by atoms with Crippen molar-refractivity contribution in [2.75, 3.05) is 17.7 Å². The molecule has 1 aliphatic rings. The molecule has 1 aliphatic heterocycles. The minimum Gasteiger partial charge on any atom is -0.330 e. The van der Waals surface area contributed by atoms with Crippen LogP contribution in [0.25, 0.3) is 10.6 Å². The van der Waals surface area contributed by atoms with Crippen molar-refractivity contribution in [1.82, 2.24) is 15.1 Å². The number of aromatic nitrogens is 2. The van der Waals surface area contributed by atoms with Crippen molar-refractivity contribution in [3.63, 3.8) is 0 Å². The highest BCUT2D eigenvalue weighted by atomic mass is 35.5. The Hall–Kier alpha value is -1.99. The van der Waals surface area contributed by atoms with Crippen LogP contribution in [-0.4, -0.2) is 45.4 Å². The van der Waals surface area contributed by atoms with E-state index < -0.39 is 11.5 Å². The maximum atomic E-state index is 12.7. The molecule has 1 N–H and O–H groups in total. The number of hydrogen-bond donors (Lipinski definition) is 1. The molecule has 2 aromatic rings. The lowest BCUT2D eigenvalue weighted by atomic mass is 9.94. The highest BCUT2D eigenvalue weighted by molar-refractivity contribution is 7.18. The van der Waals surface area contributed by atoms with Gasteiger partial charge in [-0.1, -0.05) is 41.2 Å². The highest BCUT2D eigenvalue weighted by Crippen LogP contribution is 2.29. The lowest BCUT2D eigenvalue weighted by Gasteiger charge is -2.31. The van der Waals surface area contributed by atoms with Gasteiger partial charge in [-0.25, -0.2) is 0 Å². The fourth-order valence-corrected chi connectivity index (χ4v) is 3.87. The van der Waals surface area contributed by atoms with Crippen LogP contribution in [0.15, 0.2) is 24.3 Å². The predicted molar refractivity (Wildman–Crippen MR) is 108 cm³/mol. The summed E-state index contributed by atoms with van der Waals surface area (Å²) in [6, 6.07) is 7.48. The number of alkyl halides is 1. The van der Waals surface area contributed by atoms with Crippen LogP contribution in [0.4, 0.5) is 5.13 Å². The van der Waals surface area contributed by atoms with Gasteiger partial charge in [-0.3, -0.25) is 14.9 Å². The number of anilines is 1. The lowest BCUT2D eigenvalue weighted by molar-refractivity contribution is -0.143. The van der Waals surface area contributed by atoms with E-state index in [1.54, 1.807) is 18.7 Å². The zero-order valence-corrected chi connectivity index (χ0v) is 17.2. The molecule has 0 bridgehead atoms. The van der Waals surface area contributed by atoms with Gasteiger partial charge in [-0.05, 0) is 33.6 Å². The zero-order chi connectivity index (χ0) is 19.6. The third kappa shape index (κ3) is 4.30. The Morgan fingerprint density at radius 2 is 2.00 bits per heavy atom. The van der Waals surface area contributed by atoms with Crippen LogP contribution in [-0.2, 0) is 9.59 Å². The SMILES string of the molecule is Cc1ccc(-c2nnc(NC(=O)C3CCCN3C(=O)C(C)(C)CCl)s2)cc1. The van der Waals surface area contributed by atoms with Gasteiger partial charge in [0.15, 0.2) is 0 Å². The molecule has 144 valence electrons. The van der Waals surface area contributed by atoms with E-state index >= 15 is 0 Å². The van der Waals surface area contributed by atoms with Crippen molar-refractivity contribution >= 4 is 39.9 Å². The number of nitrogens with zero attached hydrogens (tertiary/aromatic N) is 3. The summed E-state index contributed by atoms with van der Waals surface area (Å²) in [5.41, 5.74) is 1.44. The lowest BCUT2D eigenvalue weighted by Crippen LogP contribution is -2.48. The van der Waals surface area contributed by atoms with Gasteiger partial charge in [0.25, 0.3) is 0 Å². The van der Waals surface area contributed by atoms with E-state index in [1.165, 1.54) is 16.9 Å². The summed E-state index contributed by atoms with van der Waals surface area (Å²) in [6.07, 6.45) is 1.44. The molecule has 0 saturated carbocycles. The van der Waals surface area contributed by atoms with Crippen molar-refractivity contribution in [2.45, 2.75) is 39.7 Å². The molecule has 2 amide bonds. The van der Waals surface area contributed by atoms with Crippen LogP contribution >= 0.6 is 22.9 Å². The van der Waals surface area contributed by atoms with E-state index in [2.05, 4.69) is 15.5 Å². The predicted octanol–water partition coefficient (Wildman–Crippen LogP) is 3.71. The zero-order valence-electron chi connectivity index (χ0n) is 15.7. The van der Waals surface area contributed by atoms with E-state index in [0.717, 1.165) is 17.0 Å². The first-order chi connectivity index (χ1) is 12.8. The van der Waals surface area contributed by atoms with Gasteiger partial charge in [0.2, 0.25) is 16.9 Å². The minimum absolute atomic E-state index is 0.0900. The summed E-state index contributed by atoms with van der Waals surface area (Å²) < 4.78 is 0. The van der Waals surface area contributed by atoms with E-state index in [4.69, 9.17) is 11.6 Å². The summed E-state index contributed by atoms with van der Waals surface area (Å²) in [4.78, 5) is 27.1. The number of nitrogens with one attached hydrogen (secondary N) is 1. The van der Waals surface area contributed by atoms with Crippen molar-refractivity contribution in [2.24, 2.45) is 5.41 Å². The Bertz CT molecular complexity index is 834. The van der Waals surface area contributed by atoms with Crippen molar-refractivity contribution in [1.29, 1.82) is 0 Å². The number of benzene rings is 1. The second-order valence-electron chi connectivity index (χ2n) is 7.44. The average Bonchev–Trinajstić information content (AvgIpc) is 3.31. The Balaban J connectivity index is 1.70. The molecule has 8 heteroatoms. The standard InChI is InChI=1S/C19H23ClN4O2S/c1-12-6-8-13(9-7-12)16-22-23-18(27-16)21-15(25)14-5-4-10-24(14)17(26)19(2,3)11-20/h6-9,14H,4-5,10-11H2,1-3H3,(H,21,23,25). The first-order valence-electron chi connectivity index (χ1n) is 8.90. The van der Waals surface area contributed by atoms with E-state index in [9.17, 15) is 9.59 Å². The first kappa shape index (κ1) is 19.8. The second kappa shape index (κ2) is 7.94. The van der Waals surface area contributed by atoms with Gasteiger partial charge in [0.1, 0.15) is 11.0 Å². The normalized spacial score (nSPS) is 17.2. The Kier molecular flexibility index (Phi) is 5.81. The molecule has 1 unspecified atom stereocenters. The molecule has 1 aromatic carbocycles. The molecule has 1 fully saturated rings. The molecule has 1 saturated heterocycles. The number of likely N-dealkylation sites (tertiary alicyclic amines) is 1. The quantitative estimate of drug-likeness (QED) is 0.768. The van der Waals surface area contributed by atoms with E-state index in [0.29, 0.717) is 18.1 Å². The van der Waals surface area contributed by atoms with Gasteiger partial charge in [0, 0.05) is 18.0 Å². The van der Waals surface area contributed by atoms with Crippen molar-refractivity contribution in [3.05, 3.63) is 29.8 Å². The smallest absolute Gasteiger partial charge is 0.249 e. The summed E-state index contributed by atoms with van der Waals surface area (Å²) in [5, 5.41) is 12.2. The molecular weight excluding hydrogens is 384 g/mol. The molecule has 0 spiro atoms. The molecule has 0 radical (unpaired) electrons. The molecule has 1 atom stereocenters. The Labute approximate surface area is 167 Å². The Morgan fingerprint density at radius 3 is 2.67 bits per heavy atom. The number of amides is 2. The largest absolute Gasteiger partial charge is 0.330 e. The average molecular weight is 407 g/mol. The van der Waals surface area contributed by atoms with Crippen LogP contribution in [0.1, 0.15) is 32.3 Å². The molecular formula is C19H23ClN4O2S. The minimum atomic E-state index is -0.689. The molecule has 0 aliphatic carbocycles. The third-order valence-electron chi connectivity index (χ3n) is 4.68. The van der Waals surface area contributed by atoms with E-state index in [1.807, 2.05) is 31.2 Å².